The standard InChI is InChI=1S/C21H16F2N2O6S2/c22-20(23)31-15-4-2-1-3-11(15)9-16-18(28)25(21(32)33-16)8-7-17(27)24-12-5-6-13(19(29)30)14(26)10-12/h1-6,9-10,20,26H,7-8H2,(H,24,27)(H,29,30)/b16-9-. The van der Waals surface area contributed by atoms with Crippen molar-refractivity contribution in [1.82, 2.24) is 4.90 Å². The zero-order valence-electron chi connectivity index (χ0n) is 16.7. The number of carboxylic acid groups (broad SMARTS) is 1. The summed E-state index contributed by atoms with van der Waals surface area (Å²) in [6, 6.07) is 9.57. The normalized spacial score (nSPS) is 14.8. The van der Waals surface area contributed by atoms with E-state index in [1.807, 2.05) is 0 Å². The van der Waals surface area contributed by atoms with E-state index in [1.54, 1.807) is 6.07 Å². The number of para-hydroxylation sites is 1. The molecule has 33 heavy (non-hydrogen) atoms. The smallest absolute Gasteiger partial charge is 0.387 e. The molecular weight excluding hydrogens is 478 g/mol. The van der Waals surface area contributed by atoms with Crippen molar-refractivity contribution in [2.45, 2.75) is 13.0 Å². The highest BCUT2D eigenvalue weighted by Crippen LogP contribution is 2.34. The summed E-state index contributed by atoms with van der Waals surface area (Å²) in [4.78, 5) is 37.3. The van der Waals surface area contributed by atoms with Crippen molar-refractivity contribution in [1.29, 1.82) is 0 Å². The minimum Gasteiger partial charge on any atom is -0.507 e. The van der Waals surface area contributed by atoms with Crippen LogP contribution in [0, 0.1) is 0 Å². The molecule has 2 amide bonds. The number of hydrogen-bond donors (Lipinski definition) is 3. The fourth-order valence-electron chi connectivity index (χ4n) is 2.86. The first-order valence-electron chi connectivity index (χ1n) is 9.31. The first-order chi connectivity index (χ1) is 15.7. The Morgan fingerprint density at radius 2 is 1.97 bits per heavy atom. The number of amides is 2. The van der Waals surface area contributed by atoms with Crippen LogP contribution in [-0.4, -0.2) is 50.4 Å². The number of alkyl halides is 2. The first-order valence-corrected chi connectivity index (χ1v) is 10.5. The van der Waals surface area contributed by atoms with Crippen LogP contribution in [0.3, 0.4) is 0 Å². The number of aromatic carboxylic acids is 1. The molecule has 3 rings (SSSR count). The third-order valence-electron chi connectivity index (χ3n) is 4.37. The molecule has 2 aromatic carbocycles. The number of aromatic hydroxyl groups is 1. The summed E-state index contributed by atoms with van der Waals surface area (Å²) in [6.07, 6.45) is 1.26. The summed E-state index contributed by atoms with van der Waals surface area (Å²) in [5.74, 6) is -2.87. The van der Waals surface area contributed by atoms with Gasteiger partial charge in [0.25, 0.3) is 5.91 Å². The lowest BCUT2D eigenvalue weighted by molar-refractivity contribution is -0.122. The Kier molecular flexibility index (Phi) is 7.61. The number of thioether (sulfide) groups is 1. The van der Waals surface area contributed by atoms with Gasteiger partial charge in [-0.05, 0) is 24.3 Å². The Balaban J connectivity index is 1.64. The third-order valence-corrected chi connectivity index (χ3v) is 5.75. The molecule has 0 aromatic heterocycles. The van der Waals surface area contributed by atoms with E-state index in [1.165, 1.54) is 35.2 Å². The second kappa shape index (κ2) is 10.4. The van der Waals surface area contributed by atoms with Crippen molar-refractivity contribution in [2.24, 2.45) is 0 Å². The van der Waals surface area contributed by atoms with Gasteiger partial charge in [-0.2, -0.15) is 8.78 Å². The number of nitrogens with one attached hydrogen (secondary N) is 1. The number of phenols is 1. The average Bonchev–Trinajstić information content (AvgIpc) is 3.00. The molecule has 0 spiro atoms. The number of nitrogens with zero attached hydrogens (tertiary/aromatic N) is 1. The highest BCUT2D eigenvalue weighted by molar-refractivity contribution is 8.26. The maximum atomic E-state index is 12.7. The zero-order chi connectivity index (χ0) is 24.1. The maximum Gasteiger partial charge on any atom is 0.387 e. The number of rotatable bonds is 8. The Bertz CT molecular complexity index is 1160. The molecule has 172 valence electrons. The third kappa shape index (κ3) is 6.05. The fourth-order valence-corrected chi connectivity index (χ4v) is 4.16. The van der Waals surface area contributed by atoms with E-state index in [2.05, 4.69) is 10.1 Å². The second-order valence-electron chi connectivity index (χ2n) is 6.58. The van der Waals surface area contributed by atoms with Gasteiger partial charge < -0.3 is 20.3 Å². The summed E-state index contributed by atoms with van der Waals surface area (Å²) in [7, 11) is 0. The van der Waals surface area contributed by atoms with Gasteiger partial charge >= 0.3 is 12.6 Å². The van der Waals surface area contributed by atoms with Crippen molar-refractivity contribution in [3.8, 4) is 11.5 Å². The van der Waals surface area contributed by atoms with Crippen molar-refractivity contribution in [3.63, 3.8) is 0 Å². The van der Waals surface area contributed by atoms with Gasteiger partial charge in [-0.3, -0.25) is 14.5 Å². The first kappa shape index (κ1) is 24.1. The molecule has 0 atom stereocenters. The Morgan fingerprint density at radius 3 is 2.64 bits per heavy atom. The van der Waals surface area contributed by atoms with E-state index in [-0.39, 0.29) is 44.8 Å². The molecule has 0 aliphatic carbocycles. The van der Waals surface area contributed by atoms with E-state index in [4.69, 9.17) is 17.3 Å². The maximum absolute atomic E-state index is 12.7. The molecule has 2 aromatic rings. The van der Waals surface area contributed by atoms with E-state index >= 15 is 0 Å². The number of halogens is 2. The van der Waals surface area contributed by atoms with Crippen LogP contribution < -0.4 is 10.1 Å². The molecule has 0 saturated carbocycles. The minimum atomic E-state index is -3.02. The van der Waals surface area contributed by atoms with Gasteiger partial charge in [0.05, 0.1) is 4.91 Å². The van der Waals surface area contributed by atoms with Crippen LogP contribution in [-0.2, 0) is 9.59 Å². The molecule has 3 N–H and O–H groups in total. The van der Waals surface area contributed by atoms with Crippen LogP contribution in [0.1, 0.15) is 22.3 Å². The number of thiocarbonyl (C=S) groups is 1. The molecule has 1 aliphatic rings. The molecule has 0 unspecified atom stereocenters. The van der Waals surface area contributed by atoms with Crippen molar-refractivity contribution in [2.75, 3.05) is 11.9 Å². The molecule has 0 bridgehead atoms. The molecule has 8 nitrogen and oxygen atoms in total. The Labute approximate surface area is 195 Å². The van der Waals surface area contributed by atoms with Gasteiger partial charge in [-0.15, -0.1) is 0 Å². The van der Waals surface area contributed by atoms with Crippen LogP contribution in [0.2, 0.25) is 0 Å². The Morgan fingerprint density at radius 1 is 1.24 bits per heavy atom. The lowest BCUT2D eigenvalue weighted by Crippen LogP contribution is -2.31. The topological polar surface area (TPSA) is 116 Å². The predicted molar refractivity (Wildman–Crippen MR) is 121 cm³/mol. The monoisotopic (exact) mass is 494 g/mol. The molecule has 0 radical (unpaired) electrons. The molecule has 1 fully saturated rings. The summed E-state index contributed by atoms with van der Waals surface area (Å²) < 4.78 is 29.9. The molecular formula is C21H16F2N2O6S2. The van der Waals surface area contributed by atoms with Crippen LogP contribution >= 0.6 is 24.0 Å². The number of ether oxygens (including phenoxy) is 1. The highest BCUT2D eigenvalue weighted by Gasteiger charge is 2.32. The van der Waals surface area contributed by atoms with Crippen LogP contribution in [0.4, 0.5) is 14.5 Å². The van der Waals surface area contributed by atoms with Crippen molar-refractivity contribution in [3.05, 3.63) is 58.5 Å². The van der Waals surface area contributed by atoms with E-state index in [9.17, 15) is 28.3 Å². The summed E-state index contributed by atoms with van der Waals surface area (Å²) in [5.41, 5.74) is 0.155. The van der Waals surface area contributed by atoms with Crippen molar-refractivity contribution >= 4 is 57.8 Å². The van der Waals surface area contributed by atoms with Gasteiger partial charge in [-0.1, -0.05) is 42.2 Å². The van der Waals surface area contributed by atoms with Gasteiger partial charge in [0.1, 0.15) is 21.4 Å². The highest BCUT2D eigenvalue weighted by atomic mass is 32.2. The number of hydrogen-bond acceptors (Lipinski definition) is 7. The number of carboxylic acids is 1. The van der Waals surface area contributed by atoms with Gasteiger partial charge in [0, 0.05) is 30.3 Å². The predicted octanol–water partition coefficient (Wildman–Crippen LogP) is 3.92. The zero-order valence-corrected chi connectivity index (χ0v) is 18.3. The van der Waals surface area contributed by atoms with Crippen molar-refractivity contribution < 1.29 is 38.1 Å². The number of carbonyl (C=O) groups excluding carboxylic acids is 2. The van der Waals surface area contributed by atoms with Gasteiger partial charge in [-0.25, -0.2) is 4.79 Å². The lowest BCUT2D eigenvalue weighted by atomic mass is 10.2. The SMILES string of the molecule is O=C(CCN1C(=O)/C(=C/c2ccccc2OC(F)F)SC1=S)Nc1ccc(C(=O)O)c(O)c1. The summed E-state index contributed by atoms with van der Waals surface area (Å²) >= 11 is 6.18. The second-order valence-corrected chi connectivity index (χ2v) is 8.26. The van der Waals surface area contributed by atoms with E-state index < -0.39 is 30.1 Å². The lowest BCUT2D eigenvalue weighted by Gasteiger charge is -2.14. The van der Waals surface area contributed by atoms with Crippen LogP contribution in [0.25, 0.3) is 6.08 Å². The number of benzene rings is 2. The average molecular weight is 494 g/mol. The van der Waals surface area contributed by atoms with Crippen LogP contribution in [0.5, 0.6) is 11.5 Å². The molecule has 1 saturated heterocycles. The van der Waals surface area contributed by atoms with Gasteiger partial charge in [0.2, 0.25) is 5.91 Å². The van der Waals surface area contributed by atoms with Crippen LogP contribution in [0.15, 0.2) is 47.4 Å². The largest absolute Gasteiger partial charge is 0.507 e. The minimum absolute atomic E-state index is 0.0395. The molecule has 1 aliphatic heterocycles. The Hall–Kier alpha value is -3.51. The number of carbonyl (C=O) groups is 3. The molecule has 1 heterocycles. The van der Waals surface area contributed by atoms with E-state index in [0.717, 1.165) is 23.9 Å². The summed E-state index contributed by atoms with van der Waals surface area (Å²) in [6.45, 7) is -3.06. The number of anilines is 1. The quantitative estimate of drug-likeness (QED) is 0.374. The summed E-state index contributed by atoms with van der Waals surface area (Å²) in [5, 5.41) is 21.1. The fraction of sp³-hybridized carbons (Fsp3) is 0.143. The van der Waals surface area contributed by atoms with E-state index in [0.29, 0.717) is 0 Å². The molecule has 12 heteroatoms. The van der Waals surface area contributed by atoms with Gasteiger partial charge in [0.15, 0.2) is 0 Å².